The van der Waals surface area contributed by atoms with Crippen molar-refractivity contribution in [3.05, 3.63) is 76.1 Å². The van der Waals surface area contributed by atoms with Crippen LogP contribution in [-0.4, -0.2) is 46.4 Å². The second-order valence-electron chi connectivity index (χ2n) is 11.6. The number of nitriles is 1. The lowest BCUT2D eigenvalue weighted by atomic mass is 9.89. The Balaban J connectivity index is 1.76. The number of carbonyl (C=O) groups excluding carboxylic acids is 1. The number of anilines is 2. The lowest BCUT2D eigenvalue weighted by Crippen LogP contribution is -2.46. The summed E-state index contributed by atoms with van der Waals surface area (Å²) in [5.74, 6) is -1.65. The molecule has 1 amide bonds. The highest BCUT2D eigenvalue weighted by molar-refractivity contribution is 5.90. The molecule has 3 aromatic rings. The van der Waals surface area contributed by atoms with Crippen LogP contribution >= 0.6 is 0 Å². The predicted molar refractivity (Wildman–Crippen MR) is 164 cm³/mol. The van der Waals surface area contributed by atoms with Crippen molar-refractivity contribution < 1.29 is 63.7 Å². The third kappa shape index (κ3) is 9.94. The topological polar surface area (TPSA) is 138 Å². The summed E-state index contributed by atoms with van der Waals surface area (Å²) in [5, 5.41) is 20.6. The van der Waals surface area contributed by atoms with Crippen LogP contribution in [0.5, 0.6) is 5.75 Å². The van der Waals surface area contributed by atoms with Crippen LogP contribution < -0.4 is 15.0 Å². The highest BCUT2D eigenvalue weighted by Gasteiger charge is 2.40. The summed E-state index contributed by atoms with van der Waals surface area (Å²) in [6.07, 6.45) is -15.6. The molecule has 0 fully saturated rings. The van der Waals surface area contributed by atoms with Gasteiger partial charge in [-0.05, 0) is 66.8 Å². The number of carboxylic acid groups (broad SMARTS) is 1. The van der Waals surface area contributed by atoms with Crippen LogP contribution in [0.4, 0.5) is 55.9 Å². The Labute approximate surface area is 290 Å². The number of aliphatic carboxylic acids is 1. The van der Waals surface area contributed by atoms with Gasteiger partial charge in [0.1, 0.15) is 6.61 Å². The summed E-state index contributed by atoms with van der Waals surface area (Å²) in [4.78, 5) is 33.6. The standard InChI is InChI=1S/C33H30F9N5O5/c1-2-22-16-24(23-15-19(31(34,35)36)5-6-26(23)47(22)30(50)52-10-7-28(48)49)45-29-44-17-27(51-9-4-3-8-43)25(46-29)13-18-11-20(32(37,38)39)14-21(12-18)33(40,41)42/h5-6,11-12,14-15,17,22,24H,2-4,7,9-10,13,16H2,1H3,(H,48,49)(H,44,45,46)/t22-,24+/m1/s1. The number of carboxylic acids is 1. The SMILES string of the molecule is CC[C@@H]1C[C@H](Nc2ncc(OCCCC#N)c(Cc3cc(C(F)(F)F)cc(C(F)(F)F)c3)n2)c2cc(C(F)(F)F)ccc2N1C(=O)OCCC(=O)O. The van der Waals surface area contributed by atoms with Crippen molar-refractivity contribution in [2.45, 2.75) is 76.1 Å². The van der Waals surface area contributed by atoms with Crippen molar-refractivity contribution in [1.29, 1.82) is 5.26 Å². The van der Waals surface area contributed by atoms with Crippen LogP contribution in [0.3, 0.4) is 0 Å². The third-order valence-electron chi connectivity index (χ3n) is 7.91. The maximum atomic E-state index is 13.8. The third-order valence-corrected chi connectivity index (χ3v) is 7.91. The molecule has 0 unspecified atom stereocenters. The Morgan fingerprint density at radius 3 is 2.21 bits per heavy atom. The largest absolute Gasteiger partial charge is 0.490 e. The van der Waals surface area contributed by atoms with Crippen molar-refractivity contribution in [3.8, 4) is 11.8 Å². The number of halogens is 9. The van der Waals surface area contributed by atoms with Gasteiger partial charge in [-0.3, -0.25) is 9.69 Å². The second kappa shape index (κ2) is 15.9. The minimum atomic E-state index is -5.12. The highest BCUT2D eigenvalue weighted by atomic mass is 19.4. The Bertz CT molecular complexity index is 1780. The molecule has 0 radical (unpaired) electrons. The first kappa shape index (κ1) is 39.5. The summed E-state index contributed by atoms with van der Waals surface area (Å²) in [6, 6.07) is 3.80. The summed E-state index contributed by atoms with van der Waals surface area (Å²) in [7, 11) is 0. The number of hydrogen-bond donors (Lipinski definition) is 2. The molecule has 19 heteroatoms. The lowest BCUT2D eigenvalue weighted by Gasteiger charge is -2.40. The van der Waals surface area contributed by atoms with E-state index in [1.807, 2.05) is 6.07 Å². The molecule has 1 aromatic heterocycles. The van der Waals surface area contributed by atoms with Crippen LogP contribution in [0.1, 0.15) is 78.6 Å². The van der Waals surface area contributed by atoms with E-state index in [9.17, 15) is 49.1 Å². The number of alkyl halides is 9. The van der Waals surface area contributed by atoms with Gasteiger partial charge in [-0.25, -0.2) is 14.8 Å². The van der Waals surface area contributed by atoms with E-state index in [-0.39, 0.29) is 67.0 Å². The number of nitrogens with one attached hydrogen (secondary N) is 1. The molecule has 2 heterocycles. The van der Waals surface area contributed by atoms with Crippen molar-refractivity contribution in [1.82, 2.24) is 9.97 Å². The Kier molecular flexibility index (Phi) is 12.1. The number of amides is 1. The van der Waals surface area contributed by atoms with Crippen LogP contribution in [-0.2, 0) is 34.5 Å². The zero-order valence-corrected chi connectivity index (χ0v) is 27.1. The van der Waals surface area contributed by atoms with Crippen LogP contribution in [0.15, 0.2) is 42.6 Å². The number of rotatable bonds is 12. The predicted octanol–water partition coefficient (Wildman–Crippen LogP) is 8.56. The highest BCUT2D eigenvalue weighted by Crippen LogP contribution is 2.43. The van der Waals surface area contributed by atoms with Crippen LogP contribution in [0, 0.1) is 11.3 Å². The number of nitrogens with zero attached hydrogens (tertiary/aromatic N) is 4. The molecule has 2 aromatic carbocycles. The molecule has 280 valence electrons. The number of fused-ring (bicyclic) bond motifs is 1. The van der Waals surface area contributed by atoms with E-state index in [1.165, 1.54) is 0 Å². The van der Waals surface area contributed by atoms with Crippen LogP contribution in [0.25, 0.3) is 0 Å². The molecule has 0 saturated carbocycles. The molecule has 0 spiro atoms. The van der Waals surface area contributed by atoms with E-state index in [0.29, 0.717) is 12.1 Å². The summed E-state index contributed by atoms with van der Waals surface area (Å²) >= 11 is 0. The van der Waals surface area contributed by atoms with Gasteiger partial charge in [0.15, 0.2) is 5.75 Å². The fourth-order valence-corrected chi connectivity index (χ4v) is 5.49. The van der Waals surface area contributed by atoms with Gasteiger partial charge < -0.3 is 19.9 Å². The van der Waals surface area contributed by atoms with Gasteiger partial charge in [0.2, 0.25) is 5.95 Å². The molecule has 0 bridgehead atoms. The van der Waals surface area contributed by atoms with E-state index in [2.05, 4.69) is 15.3 Å². The normalized spacial score (nSPS) is 16.1. The first-order valence-electron chi connectivity index (χ1n) is 15.6. The molecule has 2 atom stereocenters. The lowest BCUT2D eigenvalue weighted by molar-refractivity contribution is -0.143. The number of unbranched alkanes of at least 4 members (excludes halogenated alkanes) is 1. The number of aromatic nitrogens is 2. The first-order chi connectivity index (χ1) is 24.3. The Hall–Kier alpha value is -5.28. The maximum absolute atomic E-state index is 13.8. The monoisotopic (exact) mass is 747 g/mol. The zero-order valence-electron chi connectivity index (χ0n) is 27.1. The van der Waals surface area contributed by atoms with Crippen molar-refractivity contribution in [2.75, 3.05) is 23.4 Å². The van der Waals surface area contributed by atoms with E-state index < -0.39 is 84.4 Å². The van der Waals surface area contributed by atoms with Gasteiger partial charge in [-0.2, -0.15) is 44.8 Å². The van der Waals surface area contributed by atoms with E-state index in [1.54, 1.807) is 6.92 Å². The number of ether oxygens (including phenoxy) is 2. The smallest absolute Gasteiger partial charge is 0.416 e. The summed E-state index contributed by atoms with van der Waals surface area (Å²) < 4.78 is 134. The minimum Gasteiger partial charge on any atom is -0.490 e. The van der Waals surface area contributed by atoms with E-state index in [4.69, 9.17) is 19.8 Å². The average molecular weight is 748 g/mol. The first-order valence-corrected chi connectivity index (χ1v) is 15.6. The van der Waals surface area contributed by atoms with Crippen molar-refractivity contribution in [3.63, 3.8) is 0 Å². The number of benzene rings is 2. The van der Waals surface area contributed by atoms with Crippen molar-refractivity contribution >= 4 is 23.7 Å². The quantitative estimate of drug-likeness (QED) is 0.138. The van der Waals surface area contributed by atoms with Crippen LogP contribution in [0.2, 0.25) is 0 Å². The second-order valence-corrected chi connectivity index (χ2v) is 11.6. The zero-order chi connectivity index (χ0) is 38.4. The van der Waals surface area contributed by atoms with Crippen molar-refractivity contribution in [2.24, 2.45) is 0 Å². The van der Waals surface area contributed by atoms with Gasteiger partial charge >= 0.3 is 30.6 Å². The molecule has 1 aliphatic rings. The summed E-state index contributed by atoms with van der Waals surface area (Å²) in [5.41, 5.74) is -4.84. The van der Waals surface area contributed by atoms with Gasteiger partial charge in [-0.15, -0.1) is 0 Å². The number of carbonyl (C=O) groups is 2. The van der Waals surface area contributed by atoms with Gasteiger partial charge in [-0.1, -0.05) is 6.92 Å². The summed E-state index contributed by atoms with van der Waals surface area (Å²) in [6.45, 7) is 1.10. The minimum absolute atomic E-state index is 0.00485. The van der Waals surface area contributed by atoms with E-state index >= 15 is 0 Å². The molecule has 2 N–H and O–H groups in total. The number of hydrogen-bond acceptors (Lipinski definition) is 8. The molecule has 4 rings (SSSR count). The fraction of sp³-hybridized carbons (Fsp3) is 0.424. The van der Waals surface area contributed by atoms with Gasteiger partial charge in [0.05, 0.1) is 59.4 Å². The van der Waals surface area contributed by atoms with E-state index in [0.717, 1.165) is 29.3 Å². The molecule has 0 aliphatic carbocycles. The molecule has 1 aliphatic heterocycles. The molecular weight excluding hydrogens is 717 g/mol. The maximum Gasteiger partial charge on any atom is 0.416 e. The Morgan fingerprint density at radius 1 is 0.981 bits per heavy atom. The average Bonchev–Trinajstić information content (AvgIpc) is 3.05. The molecule has 0 saturated heterocycles. The Morgan fingerprint density at radius 2 is 1.63 bits per heavy atom. The fourth-order valence-electron chi connectivity index (χ4n) is 5.49. The molecule has 52 heavy (non-hydrogen) atoms. The molecular formula is C33H30F9N5O5. The molecule has 10 nitrogen and oxygen atoms in total. The van der Waals surface area contributed by atoms with Gasteiger partial charge in [0, 0.05) is 18.9 Å². The van der Waals surface area contributed by atoms with Gasteiger partial charge in [0.25, 0.3) is 0 Å².